The summed E-state index contributed by atoms with van der Waals surface area (Å²) in [6.07, 6.45) is 0. The van der Waals surface area contributed by atoms with Gasteiger partial charge in [0.05, 0.1) is 5.41 Å². The highest BCUT2D eigenvalue weighted by Gasteiger charge is 2.46. The maximum absolute atomic E-state index is 2.49. The Morgan fingerprint density at radius 3 is 1.58 bits per heavy atom. The van der Waals surface area contributed by atoms with Crippen LogP contribution in [0, 0.1) is 0 Å². The van der Waals surface area contributed by atoms with E-state index in [1.165, 1.54) is 77.5 Å². The van der Waals surface area contributed by atoms with Crippen LogP contribution in [-0.2, 0) is 10.8 Å². The standard InChI is InChI=1S/C56H41N/c1-55(2)51-26-13-11-24-47(51)49-32-30-45(36-53(49)55)57(44-29-28-39-18-9-10-19-41(39)35-44)46-31-33-50-48-25-12-14-27-52(48)56(54(50)37-46,42-21-7-4-8-22-42)43-23-15-20-40(34-43)38-16-5-3-6-17-38/h3-37H,1-2H3. The fraction of sp³-hybridized carbons (Fsp3) is 0.0714. The lowest BCUT2D eigenvalue weighted by Gasteiger charge is -2.35. The van der Waals surface area contributed by atoms with E-state index in [4.69, 9.17) is 0 Å². The van der Waals surface area contributed by atoms with E-state index in [0.717, 1.165) is 17.1 Å². The second kappa shape index (κ2) is 12.8. The molecule has 1 atom stereocenters. The van der Waals surface area contributed by atoms with Crippen LogP contribution in [0.5, 0.6) is 0 Å². The fourth-order valence-corrected chi connectivity index (χ4v) is 10.0. The molecule has 1 unspecified atom stereocenters. The molecule has 9 aromatic rings. The lowest BCUT2D eigenvalue weighted by atomic mass is 9.67. The van der Waals surface area contributed by atoms with E-state index in [9.17, 15) is 0 Å². The van der Waals surface area contributed by atoms with Crippen LogP contribution in [-0.4, -0.2) is 0 Å². The van der Waals surface area contributed by atoms with Gasteiger partial charge < -0.3 is 4.90 Å². The van der Waals surface area contributed by atoms with Crippen molar-refractivity contribution in [2.24, 2.45) is 0 Å². The summed E-state index contributed by atoms with van der Waals surface area (Å²) in [4.78, 5) is 2.48. The molecule has 0 fully saturated rings. The highest BCUT2D eigenvalue weighted by Crippen LogP contribution is 2.58. The molecule has 1 heteroatoms. The smallest absolute Gasteiger partial charge is 0.0714 e. The van der Waals surface area contributed by atoms with Gasteiger partial charge in [0.25, 0.3) is 0 Å². The molecular weight excluding hydrogens is 687 g/mol. The maximum atomic E-state index is 2.49. The van der Waals surface area contributed by atoms with Crippen molar-refractivity contribution >= 4 is 27.8 Å². The van der Waals surface area contributed by atoms with Crippen molar-refractivity contribution in [2.75, 3.05) is 4.90 Å². The van der Waals surface area contributed by atoms with Crippen LogP contribution in [0.25, 0.3) is 44.2 Å². The highest BCUT2D eigenvalue weighted by atomic mass is 15.1. The number of fused-ring (bicyclic) bond motifs is 7. The van der Waals surface area contributed by atoms with Gasteiger partial charge in [-0.3, -0.25) is 0 Å². The lowest BCUT2D eigenvalue weighted by molar-refractivity contribution is 0.660. The van der Waals surface area contributed by atoms with Crippen LogP contribution in [0.3, 0.4) is 0 Å². The van der Waals surface area contributed by atoms with E-state index in [1.807, 2.05) is 0 Å². The first kappa shape index (κ1) is 33.4. The van der Waals surface area contributed by atoms with Crippen molar-refractivity contribution in [1.29, 1.82) is 0 Å². The minimum absolute atomic E-state index is 0.122. The molecule has 0 bridgehead atoms. The van der Waals surface area contributed by atoms with Crippen LogP contribution in [0.1, 0.15) is 47.2 Å². The Balaban J connectivity index is 1.18. The largest absolute Gasteiger partial charge is 0.310 e. The average Bonchev–Trinajstić information content (AvgIpc) is 3.69. The van der Waals surface area contributed by atoms with Crippen LogP contribution in [0.2, 0.25) is 0 Å². The monoisotopic (exact) mass is 727 g/mol. The van der Waals surface area contributed by atoms with Gasteiger partial charge in [0.2, 0.25) is 0 Å². The summed E-state index contributed by atoms with van der Waals surface area (Å²) >= 11 is 0. The highest BCUT2D eigenvalue weighted by molar-refractivity contribution is 5.93. The van der Waals surface area contributed by atoms with Gasteiger partial charge in [-0.2, -0.15) is 0 Å². The summed E-state index contributed by atoms with van der Waals surface area (Å²) in [6, 6.07) is 78.9. The third-order valence-electron chi connectivity index (χ3n) is 12.7. The molecule has 0 radical (unpaired) electrons. The molecule has 57 heavy (non-hydrogen) atoms. The molecule has 9 aromatic carbocycles. The van der Waals surface area contributed by atoms with Crippen LogP contribution in [0.4, 0.5) is 17.1 Å². The quantitative estimate of drug-likeness (QED) is 0.165. The first-order valence-corrected chi connectivity index (χ1v) is 20.0. The summed E-state index contributed by atoms with van der Waals surface area (Å²) in [5.74, 6) is 0. The predicted molar refractivity (Wildman–Crippen MR) is 239 cm³/mol. The minimum Gasteiger partial charge on any atom is -0.310 e. The maximum Gasteiger partial charge on any atom is 0.0714 e. The summed E-state index contributed by atoms with van der Waals surface area (Å²) in [7, 11) is 0. The zero-order chi connectivity index (χ0) is 38.1. The summed E-state index contributed by atoms with van der Waals surface area (Å²) in [6.45, 7) is 4.73. The first-order chi connectivity index (χ1) is 28.0. The Labute approximate surface area is 335 Å². The van der Waals surface area contributed by atoms with Crippen LogP contribution < -0.4 is 4.90 Å². The van der Waals surface area contributed by atoms with Gasteiger partial charge in [-0.25, -0.2) is 0 Å². The molecule has 2 aliphatic carbocycles. The van der Waals surface area contributed by atoms with Gasteiger partial charge in [-0.1, -0.05) is 184 Å². The minimum atomic E-state index is -0.551. The summed E-state index contributed by atoms with van der Waals surface area (Å²) < 4.78 is 0. The molecule has 2 aliphatic rings. The Bertz CT molecular complexity index is 2990. The SMILES string of the molecule is CC1(C)c2ccccc2-c2ccc(N(c3ccc4c(c3)C(c3ccccc3)(c3cccc(-c5ccccc5)c3)c3ccccc3-4)c3ccc4ccccc4c3)cc21. The molecule has 0 N–H and O–H groups in total. The molecule has 0 heterocycles. The summed E-state index contributed by atoms with van der Waals surface area (Å²) in [5, 5.41) is 2.45. The predicted octanol–water partition coefficient (Wildman–Crippen LogP) is 14.6. The van der Waals surface area contributed by atoms with Crippen molar-refractivity contribution in [3.8, 4) is 33.4 Å². The van der Waals surface area contributed by atoms with E-state index in [0.29, 0.717) is 0 Å². The van der Waals surface area contributed by atoms with Crippen molar-refractivity contribution in [3.63, 3.8) is 0 Å². The molecule has 0 aromatic heterocycles. The van der Waals surface area contributed by atoms with Crippen LogP contribution >= 0.6 is 0 Å². The normalized spacial score (nSPS) is 15.8. The Hall–Kier alpha value is -6.96. The second-order valence-electron chi connectivity index (χ2n) is 16.1. The number of nitrogens with zero attached hydrogens (tertiary/aromatic N) is 1. The third-order valence-corrected chi connectivity index (χ3v) is 12.7. The van der Waals surface area contributed by atoms with Crippen LogP contribution in [0.15, 0.2) is 212 Å². The molecular formula is C56H41N. The van der Waals surface area contributed by atoms with E-state index >= 15 is 0 Å². The molecule has 11 rings (SSSR count). The fourth-order valence-electron chi connectivity index (χ4n) is 10.0. The van der Waals surface area contributed by atoms with Crippen molar-refractivity contribution < 1.29 is 0 Å². The molecule has 0 aliphatic heterocycles. The molecule has 0 saturated carbocycles. The third kappa shape index (κ3) is 5.02. The first-order valence-electron chi connectivity index (χ1n) is 20.0. The zero-order valence-electron chi connectivity index (χ0n) is 32.2. The van der Waals surface area contributed by atoms with Gasteiger partial charge in [-0.05, 0) is 120 Å². The van der Waals surface area contributed by atoms with Gasteiger partial charge in [0.1, 0.15) is 0 Å². The zero-order valence-corrected chi connectivity index (χ0v) is 32.2. The van der Waals surface area contributed by atoms with Crippen molar-refractivity contribution in [2.45, 2.75) is 24.7 Å². The summed E-state index contributed by atoms with van der Waals surface area (Å²) in [5.41, 5.74) is 18.2. The molecule has 0 amide bonds. The molecule has 1 nitrogen and oxygen atoms in total. The van der Waals surface area contributed by atoms with E-state index in [2.05, 4.69) is 231 Å². The molecule has 270 valence electrons. The number of rotatable bonds is 6. The van der Waals surface area contributed by atoms with E-state index in [-0.39, 0.29) is 5.41 Å². The average molecular weight is 728 g/mol. The Kier molecular flexibility index (Phi) is 7.50. The van der Waals surface area contributed by atoms with E-state index < -0.39 is 5.41 Å². The van der Waals surface area contributed by atoms with Crippen molar-refractivity contribution in [1.82, 2.24) is 0 Å². The number of hydrogen-bond donors (Lipinski definition) is 0. The second-order valence-corrected chi connectivity index (χ2v) is 16.1. The Morgan fingerprint density at radius 1 is 0.316 bits per heavy atom. The van der Waals surface area contributed by atoms with Crippen molar-refractivity contribution in [3.05, 3.63) is 246 Å². The number of benzene rings is 9. The number of anilines is 3. The topological polar surface area (TPSA) is 3.24 Å². The van der Waals surface area contributed by atoms with Gasteiger partial charge >= 0.3 is 0 Å². The van der Waals surface area contributed by atoms with Gasteiger partial charge in [0, 0.05) is 22.5 Å². The molecule has 0 spiro atoms. The molecule has 0 saturated heterocycles. The lowest BCUT2D eigenvalue weighted by Crippen LogP contribution is -2.29. The van der Waals surface area contributed by atoms with E-state index in [1.54, 1.807) is 0 Å². The Morgan fingerprint density at radius 2 is 0.825 bits per heavy atom. The van der Waals surface area contributed by atoms with Gasteiger partial charge in [0.15, 0.2) is 0 Å². The number of hydrogen-bond acceptors (Lipinski definition) is 1. The van der Waals surface area contributed by atoms with Gasteiger partial charge in [-0.15, -0.1) is 0 Å².